The predicted molar refractivity (Wildman–Crippen MR) is 90.0 cm³/mol. The third-order valence-corrected chi connectivity index (χ3v) is 5.36. The number of nitrogens with zero attached hydrogens (tertiary/aromatic N) is 2. The van der Waals surface area contributed by atoms with E-state index in [4.69, 9.17) is 11.6 Å². The second-order valence-corrected chi connectivity index (χ2v) is 7.56. The van der Waals surface area contributed by atoms with Gasteiger partial charge in [-0.1, -0.05) is 25.4 Å². The van der Waals surface area contributed by atoms with Crippen LogP contribution in [0.15, 0.2) is 6.20 Å². The molecule has 120 valence electrons. The van der Waals surface area contributed by atoms with Crippen molar-refractivity contribution in [2.45, 2.75) is 58.9 Å². The molecule has 0 amide bonds. The molecule has 1 aliphatic rings. The Hall–Kier alpha value is -0.540. The molecule has 1 aromatic rings. The molecular weight excluding hydrogens is 282 g/mol. The van der Waals surface area contributed by atoms with Crippen molar-refractivity contribution < 1.29 is 0 Å². The first kappa shape index (κ1) is 16.8. The average molecular weight is 312 g/mol. The highest BCUT2D eigenvalue weighted by Crippen LogP contribution is 2.45. The summed E-state index contributed by atoms with van der Waals surface area (Å²) >= 11 is 6.51. The fraction of sp³-hybridized carbons (Fsp3) is 0.824. The van der Waals surface area contributed by atoms with E-state index in [9.17, 15) is 0 Å². The maximum Gasteiger partial charge on any atom is 0.0820 e. The van der Waals surface area contributed by atoms with Crippen LogP contribution < -0.4 is 5.32 Å². The van der Waals surface area contributed by atoms with Crippen LogP contribution in [0.3, 0.4) is 0 Å². The predicted octanol–water partition coefficient (Wildman–Crippen LogP) is 4.49. The molecule has 4 heteroatoms. The van der Waals surface area contributed by atoms with Crippen molar-refractivity contribution in [2.24, 2.45) is 17.8 Å². The maximum atomic E-state index is 6.51. The first-order valence-electron chi connectivity index (χ1n) is 8.33. The van der Waals surface area contributed by atoms with Gasteiger partial charge in [-0.15, -0.1) is 0 Å². The standard InChI is InChI=1S/C17H30ClN3/c1-11(2)13-6-7-14(9-19-5)15(8-13)17-16(18)10-20-21(17)12(3)4/h10-15,19H,6-9H2,1-5H3. The number of hydrogen-bond acceptors (Lipinski definition) is 2. The molecule has 0 aliphatic heterocycles. The lowest BCUT2D eigenvalue weighted by Crippen LogP contribution is -2.33. The van der Waals surface area contributed by atoms with Crippen molar-refractivity contribution >= 4 is 11.6 Å². The van der Waals surface area contributed by atoms with Crippen LogP contribution >= 0.6 is 11.6 Å². The van der Waals surface area contributed by atoms with Crippen molar-refractivity contribution in [2.75, 3.05) is 13.6 Å². The zero-order chi connectivity index (χ0) is 15.6. The van der Waals surface area contributed by atoms with Crippen LogP contribution in [0, 0.1) is 17.8 Å². The summed E-state index contributed by atoms with van der Waals surface area (Å²) in [5.41, 5.74) is 1.26. The normalized spacial score (nSPS) is 26.8. The van der Waals surface area contributed by atoms with Crippen molar-refractivity contribution in [3.8, 4) is 0 Å². The highest BCUT2D eigenvalue weighted by molar-refractivity contribution is 6.31. The summed E-state index contributed by atoms with van der Waals surface area (Å²) < 4.78 is 2.14. The average Bonchev–Trinajstić information content (AvgIpc) is 2.81. The number of hydrogen-bond donors (Lipinski definition) is 1. The Morgan fingerprint density at radius 3 is 2.62 bits per heavy atom. The first-order valence-corrected chi connectivity index (χ1v) is 8.71. The molecule has 3 unspecified atom stereocenters. The van der Waals surface area contributed by atoms with Crippen LogP contribution in [-0.2, 0) is 0 Å². The summed E-state index contributed by atoms with van der Waals surface area (Å²) in [6, 6.07) is 0.363. The van der Waals surface area contributed by atoms with E-state index >= 15 is 0 Å². The van der Waals surface area contributed by atoms with Crippen LogP contribution in [0.25, 0.3) is 0 Å². The third-order valence-electron chi connectivity index (χ3n) is 5.07. The van der Waals surface area contributed by atoms with Gasteiger partial charge in [-0.2, -0.15) is 5.10 Å². The van der Waals surface area contributed by atoms with E-state index in [1.165, 1.54) is 25.0 Å². The Balaban J connectivity index is 2.33. The van der Waals surface area contributed by atoms with E-state index in [1.807, 2.05) is 13.2 Å². The van der Waals surface area contributed by atoms with Gasteiger partial charge in [0.05, 0.1) is 16.9 Å². The molecule has 3 atom stereocenters. The molecule has 0 saturated heterocycles. The summed E-state index contributed by atoms with van der Waals surface area (Å²) in [4.78, 5) is 0. The topological polar surface area (TPSA) is 29.9 Å². The van der Waals surface area contributed by atoms with Gasteiger partial charge in [0.25, 0.3) is 0 Å². The van der Waals surface area contributed by atoms with Crippen LogP contribution in [0.5, 0.6) is 0 Å². The Morgan fingerprint density at radius 1 is 1.33 bits per heavy atom. The molecule has 1 saturated carbocycles. The fourth-order valence-corrected chi connectivity index (χ4v) is 4.09. The van der Waals surface area contributed by atoms with E-state index < -0.39 is 0 Å². The molecule has 1 heterocycles. The fourth-order valence-electron chi connectivity index (χ4n) is 3.82. The van der Waals surface area contributed by atoms with Gasteiger partial charge in [0.2, 0.25) is 0 Å². The van der Waals surface area contributed by atoms with Crippen molar-refractivity contribution in [3.63, 3.8) is 0 Å². The van der Waals surface area contributed by atoms with E-state index in [2.05, 4.69) is 42.8 Å². The highest BCUT2D eigenvalue weighted by atomic mass is 35.5. The lowest BCUT2D eigenvalue weighted by molar-refractivity contribution is 0.185. The number of rotatable bonds is 5. The van der Waals surface area contributed by atoms with Crippen LogP contribution in [0.4, 0.5) is 0 Å². The van der Waals surface area contributed by atoms with E-state index in [0.717, 1.165) is 23.4 Å². The van der Waals surface area contributed by atoms with Crippen LogP contribution in [-0.4, -0.2) is 23.4 Å². The monoisotopic (exact) mass is 311 g/mol. The van der Waals surface area contributed by atoms with Crippen molar-refractivity contribution in [1.82, 2.24) is 15.1 Å². The molecule has 3 nitrogen and oxygen atoms in total. The smallest absolute Gasteiger partial charge is 0.0820 e. The highest BCUT2D eigenvalue weighted by Gasteiger charge is 2.35. The molecule has 21 heavy (non-hydrogen) atoms. The Morgan fingerprint density at radius 2 is 2.05 bits per heavy atom. The molecule has 0 bridgehead atoms. The summed E-state index contributed by atoms with van der Waals surface area (Å²) in [7, 11) is 2.05. The van der Waals surface area contributed by atoms with Crippen molar-refractivity contribution in [1.29, 1.82) is 0 Å². The van der Waals surface area contributed by atoms with Gasteiger partial charge in [-0.3, -0.25) is 4.68 Å². The molecule has 2 rings (SSSR count). The van der Waals surface area contributed by atoms with Gasteiger partial charge >= 0.3 is 0 Å². The Bertz CT molecular complexity index is 453. The third kappa shape index (κ3) is 3.62. The Kier molecular flexibility index (Phi) is 5.73. The number of halogens is 1. The zero-order valence-electron chi connectivity index (χ0n) is 14.1. The lowest BCUT2D eigenvalue weighted by Gasteiger charge is -2.38. The molecule has 1 aliphatic carbocycles. The number of nitrogens with one attached hydrogen (secondary N) is 1. The molecule has 0 aromatic carbocycles. The van der Waals surface area contributed by atoms with Crippen LogP contribution in [0.2, 0.25) is 5.02 Å². The molecular formula is C17H30ClN3. The molecule has 0 radical (unpaired) electrons. The van der Waals surface area contributed by atoms with Gasteiger partial charge in [-0.25, -0.2) is 0 Å². The van der Waals surface area contributed by atoms with E-state index in [1.54, 1.807) is 0 Å². The van der Waals surface area contributed by atoms with Gasteiger partial charge < -0.3 is 5.32 Å². The van der Waals surface area contributed by atoms with Crippen molar-refractivity contribution in [3.05, 3.63) is 16.9 Å². The number of aromatic nitrogens is 2. The van der Waals surface area contributed by atoms with Gasteiger partial charge in [-0.05, 0) is 64.5 Å². The van der Waals surface area contributed by atoms with Gasteiger partial charge in [0.15, 0.2) is 0 Å². The molecule has 1 fully saturated rings. The van der Waals surface area contributed by atoms with E-state index in [-0.39, 0.29) is 0 Å². The largest absolute Gasteiger partial charge is 0.319 e. The molecule has 1 N–H and O–H groups in total. The lowest BCUT2D eigenvalue weighted by atomic mass is 9.69. The van der Waals surface area contributed by atoms with E-state index in [0.29, 0.717) is 17.9 Å². The molecule has 0 spiro atoms. The minimum atomic E-state index is 0.363. The Labute approximate surface area is 134 Å². The summed E-state index contributed by atoms with van der Waals surface area (Å²) in [6.07, 6.45) is 5.69. The SMILES string of the molecule is CNCC1CCC(C(C)C)CC1c1c(Cl)cnn1C(C)C. The quantitative estimate of drug-likeness (QED) is 0.868. The maximum absolute atomic E-state index is 6.51. The summed E-state index contributed by atoms with van der Waals surface area (Å²) in [6.45, 7) is 10.1. The molecule has 1 aromatic heterocycles. The summed E-state index contributed by atoms with van der Waals surface area (Å²) in [5, 5.41) is 8.73. The minimum Gasteiger partial charge on any atom is -0.319 e. The minimum absolute atomic E-state index is 0.363. The zero-order valence-corrected chi connectivity index (χ0v) is 14.8. The second-order valence-electron chi connectivity index (χ2n) is 7.16. The summed E-state index contributed by atoms with van der Waals surface area (Å²) in [5.74, 6) is 2.74. The van der Waals surface area contributed by atoms with Gasteiger partial charge in [0.1, 0.15) is 0 Å². The second kappa shape index (κ2) is 7.15. The first-order chi connectivity index (χ1) is 9.95. The van der Waals surface area contributed by atoms with Crippen LogP contribution in [0.1, 0.15) is 64.6 Å². The van der Waals surface area contributed by atoms with Gasteiger partial charge in [0, 0.05) is 12.0 Å².